The highest BCUT2D eigenvalue weighted by atomic mass is 32.2. The molecule has 1 atom stereocenters. The number of rotatable bonds is 8. The third-order valence-corrected chi connectivity index (χ3v) is 6.42. The topological polar surface area (TPSA) is 72.7 Å². The Balaban J connectivity index is 1.55. The summed E-state index contributed by atoms with van der Waals surface area (Å²) in [4.78, 5) is 16.6. The van der Waals surface area contributed by atoms with Crippen molar-refractivity contribution in [1.29, 1.82) is 0 Å². The number of amides is 1. The molecule has 6 nitrogen and oxygen atoms in total. The zero-order chi connectivity index (χ0) is 23.2. The lowest BCUT2D eigenvalue weighted by atomic mass is 10.1. The van der Waals surface area contributed by atoms with E-state index in [4.69, 9.17) is 0 Å². The minimum absolute atomic E-state index is 0.0382. The summed E-state index contributed by atoms with van der Waals surface area (Å²) in [5, 5.41) is 12.8. The summed E-state index contributed by atoms with van der Waals surface area (Å²) in [5.74, 6) is 1.43. The van der Waals surface area contributed by atoms with E-state index < -0.39 is 0 Å². The van der Waals surface area contributed by atoms with E-state index in [-0.39, 0.29) is 11.9 Å². The maximum absolute atomic E-state index is 12.3. The Morgan fingerprint density at radius 1 is 1.06 bits per heavy atom. The SMILES string of the molecule is CC[C@H](C)NC(=O)c1ccc(CSc2nnc(-c3cccnc3)n2-c2ccc(C)cc2)cc1. The molecule has 0 bridgehead atoms. The first kappa shape index (κ1) is 22.7. The third-order valence-electron chi connectivity index (χ3n) is 5.42. The molecular weight excluding hydrogens is 430 g/mol. The van der Waals surface area contributed by atoms with Crippen molar-refractivity contribution in [3.63, 3.8) is 0 Å². The van der Waals surface area contributed by atoms with E-state index in [9.17, 15) is 4.79 Å². The number of hydrogen-bond donors (Lipinski definition) is 1. The predicted molar refractivity (Wildman–Crippen MR) is 133 cm³/mol. The van der Waals surface area contributed by atoms with Gasteiger partial charge >= 0.3 is 0 Å². The van der Waals surface area contributed by atoms with Gasteiger partial charge in [0.05, 0.1) is 0 Å². The standard InChI is InChI=1S/C26H27N5OS/c1-4-19(3)28-25(32)21-11-9-20(10-12-21)17-33-26-30-29-24(22-6-5-15-27-16-22)31(26)23-13-7-18(2)8-14-23/h5-16,19H,4,17H2,1-3H3,(H,28,32)/t19-/m0/s1. The molecule has 4 rings (SSSR count). The monoisotopic (exact) mass is 457 g/mol. The van der Waals surface area contributed by atoms with Gasteiger partial charge in [-0.1, -0.05) is 48.5 Å². The van der Waals surface area contributed by atoms with E-state index >= 15 is 0 Å². The summed E-state index contributed by atoms with van der Waals surface area (Å²) in [6.45, 7) is 6.13. The van der Waals surface area contributed by atoms with Crippen molar-refractivity contribution in [3.8, 4) is 17.1 Å². The second kappa shape index (κ2) is 10.4. The second-order valence-electron chi connectivity index (χ2n) is 7.99. The Bertz CT molecular complexity index is 1200. The molecule has 0 radical (unpaired) electrons. The Morgan fingerprint density at radius 3 is 2.48 bits per heavy atom. The molecule has 2 aromatic carbocycles. The number of benzene rings is 2. The van der Waals surface area contributed by atoms with Gasteiger partial charge in [-0.15, -0.1) is 10.2 Å². The zero-order valence-electron chi connectivity index (χ0n) is 19.0. The summed E-state index contributed by atoms with van der Waals surface area (Å²) in [5.41, 5.74) is 4.90. The number of nitrogens with zero attached hydrogens (tertiary/aromatic N) is 4. The van der Waals surface area contributed by atoms with Crippen LogP contribution in [-0.4, -0.2) is 31.7 Å². The van der Waals surface area contributed by atoms with Crippen LogP contribution in [0.15, 0.2) is 78.2 Å². The van der Waals surface area contributed by atoms with Crippen LogP contribution in [0.4, 0.5) is 0 Å². The lowest BCUT2D eigenvalue weighted by Gasteiger charge is -2.12. The number of aromatic nitrogens is 4. The minimum Gasteiger partial charge on any atom is -0.350 e. The number of pyridine rings is 1. The molecule has 0 aliphatic heterocycles. The van der Waals surface area contributed by atoms with Crippen LogP contribution in [0.3, 0.4) is 0 Å². The number of carbonyl (C=O) groups excluding carboxylic acids is 1. The molecular formula is C26H27N5OS. The number of hydrogen-bond acceptors (Lipinski definition) is 5. The Labute approximate surface area is 198 Å². The van der Waals surface area contributed by atoms with Crippen molar-refractivity contribution >= 4 is 17.7 Å². The van der Waals surface area contributed by atoms with Gasteiger partial charge in [-0.25, -0.2) is 0 Å². The van der Waals surface area contributed by atoms with Crippen LogP contribution < -0.4 is 5.32 Å². The molecule has 0 aliphatic carbocycles. The fraction of sp³-hybridized carbons (Fsp3) is 0.231. The van der Waals surface area contributed by atoms with Gasteiger partial charge in [-0.2, -0.15) is 0 Å². The zero-order valence-corrected chi connectivity index (χ0v) is 19.8. The number of aryl methyl sites for hydroxylation is 1. The summed E-state index contributed by atoms with van der Waals surface area (Å²) < 4.78 is 2.06. The molecule has 4 aromatic rings. The molecule has 1 N–H and O–H groups in total. The predicted octanol–water partition coefficient (Wildman–Crippen LogP) is 5.46. The maximum atomic E-state index is 12.3. The Morgan fingerprint density at radius 2 is 1.82 bits per heavy atom. The first-order valence-corrected chi connectivity index (χ1v) is 12.0. The van der Waals surface area contributed by atoms with Crippen LogP contribution in [0, 0.1) is 6.92 Å². The Kier molecular flexibility index (Phi) is 7.19. The summed E-state index contributed by atoms with van der Waals surface area (Å²) in [6.07, 6.45) is 4.45. The highest BCUT2D eigenvalue weighted by Gasteiger charge is 2.16. The molecule has 168 valence electrons. The van der Waals surface area contributed by atoms with Crippen molar-refractivity contribution in [2.24, 2.45) is 0 Å². The lowest BCUT2D eigenvalue weighted by molar-refractivity contribution is 0.0939. The summed E-state index contributed by atoms with van der Waals surface area (Å²) in [6, 6.07) is 20.1. The lowest BCUT2D eigenvalue weighted by Crippen LogP contribution is -2.31. The largest absolute Gasteiger partial charge is 0.350 e. The summed E-state index contributed by atoms with van der Waals surface area (Å²) in [7, 11) is 0. The smallest absolute Gasteiger partial charge is 0.251 e. The number of nitrogens with one attached hydrogen (secondary N) is 1. The van der Waals surface area contributed by atoms with E-state index in [0.29, 0.717) is 11.3 Å². The first-order chi connectivity index (χ1) is 16.0. The fourth-order valence-corrected chi connectivity index (χ4v) is 4.19. The normalized spacial score (nSPS) is 11.8. The van der Waals surface area contributed by atoms with Gasteiger partial charge in [0, 0.05) is 41.0 Å². The van der Waals surface area contributed by atoms with Crippen LogP contribution in [0.2, 0.25) is 0 Å². The third kappa shape index (κ3) is 5.49. The molecule has 2 heterocycles. The molecule has 7 heteroatoms. The van der Waals surface area contributed by atoms with Gasteiger partial charge in [-0.05, 0) is 62.2 Å². The molecule has 0 aliphatic rings. The van der Waals surface area contributed by atoms with E-state index in [2.05, 4.69) is 63.2 Å². The van der Waals surface area contributed by atoms with Gasteiger partial charge in [0.15, 0.2) is 11.0 Å². The van der Waals surface area contributed by atoms with Crippen LogP contribution in [0.1, 0.15) is 41.8 Å². The van der Waals surface area contributed by atoms with Crippen LogP contribution in [-0.2, 0) is 5.75 Å². The van der Waals surface area contributed by atoms with Crippen LogP contribution >= 0.6 is 11.8 Å². The van der Waals surface area contributed by atoms with E-state index in [1.165, 1.54) is 5.56 Å². The van der Waals surface area contributed by atoms with E-state index in [1.807, 2.05) is 43.3 Å². The average molecular weight is 458 g/mol. The van der Waals surface area contributed by atoms with Crippen molar-refractivity contribution in [1.82, 2.24) is 25.1 Å². The van der Waals surface area contributed by atoms with Gasteiger partial charge in [0.1, 0.15) is 0 Å². The molecule has 0 unspecified atom stereocenters. The van der Waals surface area contributed by atoms with Crippen molar-refractivity contribution in [2.75, 3.05) is 0 Å². The fourth-order valence-electron chi connectivity index (χ4n) is 3.28. The van der Waals surface area contributed by atoms with Crippen molar-refractivity contribution < 1.29 is 4.79 Å². The van der Waals surface area contributed by atoms with Gasteiger partial charge in [0.25, 0.3) is 5.91 Å². The van der Waals surface area contributed by atoms with Crippen LogP contribution in [0.25, 0.3) is 17.1 Å². The van der Waals surface area contributed by atoms with Crippen molar-refractivity contribution in [2.45, 2.75) is 44.1 Å². The molecule has 0 spiro atoms. The molecule has 1 amide bonds. The molecule has 2 aromatic heterocycles. The van der Waals surface area contributed by atoms with Crippen LogP contribution in [0.5, 0.6) is 0 Å². The average Bonchev–Trinajstić information content (AvgIpc) is 3.28. The summed E-state index contributed by atoms with van der Waals surface area (Å²) >= 11 is 1.61. The van der Waals surface area contributed by atoms with Gasteiger partial charge < -0.3 is 5.32 Å². The molecule has 0 saturated heterocycles. The molecule has 0 saturated carbocycles. The van der Waals surface area contributed by atoms with Gasteiger partial charge in [-0.3, -0.25) is 14.3 Å². The highest BCUT2D eigenvalue weighted by Crippen LogP contribution is 2.29. The molecule has 33 heavy (non-hydrogen) atoms. The number of thioether (sulfide) groups is 1. The maximum Gasteiger partial charge on any atom is 0.251 e. The van der Waals surface area contributed by atoms with E-state index in [0.717, 1.165) is 34.2 Å². The second-order valence-corrected chi connectivity index (χ2v) is 8.93. The van der Waals surface area contributed by atoms with E-state index in [1.54, 1.807) is 24.2 Å². The number of carbonyl (C=O) groups is 1. The quantitative estimate of drug-likeness (QED) is 0.356. The highest BCUT2D eigenvalue weighted by molar-refractivity contribution is 7.98. The van der Waals surface area contributed by atoms with Gasteiger partial charge in [0.2, 0.25) is 0 Å². The first-order valence-electron chi connectivity index (χ1n) is 11.0. The minimum atomic E-state index is -0.0382. The molecule has 0 fully saturated rings. The van der Waals surface area contributed by atoms with Crippen molar-refractivity contribution in [3.05, 3.63) is 89.7 Å². The Hall–Kier alpha value is -3.45.